The highest BCUT2D eigenvalue weighted by Gasteiger charge is 2.18. The van der Waals surface area contributed by atoms with Gasteiger partial charge in [0.2, 0.25) is 11.8 Å². The average Bonchev–Trinajstić information content (AvgIpc) is 3.12. The van der Waals surface area contributed by atoms with Crippen LogP contribution in [0.25, 0.3) is 0 Å². The minimum absolute atomic E-state index is 0.0437. The Bertz CT molecular complexity index is 1040. The highest BCUT2D eigenvalue weighted by atomic mass is 79.9. The van der Waals surface area contributed by atoms with Crippen molar-refractivity contribution in [3.05, 3.63) is 34.2 Å². The van der Waals surface area contributed by atoms with E-state index in [0.29, 0.717) is 23.0 Å². The molecule has 0 bridgehead atoms. The second kappa shape index (κ2) is 10.6. The first kappa shape index (κ1) is 23.9. The second-order valence-corrected chi connectivity index (χ2v) is 9.52. The Balaban J connectivity index is 2.02. The molecular weight excluding hydrogens is 505 g/mol. The van der Waals surface area contributed by atoms with Crippen LogP contribution in [0.15, 0.2) is 41.9 Å². The van der Waals surface area contributed by atoms with E-state index in [0.717, 1.165) is 6.26 Å². The maximum absolute atomic E-state index is 13.4. The zero-order valence-electron chi connectivity index (χ0n) is 16.1. The third-order valence-electron chi connectivity index (χ3n) is 3.26. The van der Waals surface area contributed by atoms with Crippen molar-refractivity contribution in [1.82, 2.24) is 20.5 Å². The monoisotopic (exact) mass is 523 g/mol. The van der Waals surface area contributed by atoms with Crippen molar-refractivity contribution in [2.75, 3.05) is 38.0 Å². The maximum atomic E-state index is 13.4. The van der Waals surface area contributed by atoms with Crippen molar-refractivity contribution >= 4 is 55.2 Å². The van der Waals surface area contributed by atoms with Crippen LogP contribution < -0.4 is 10.6 Å². The molecule has 2 aromatic rings. The smallest absolute Gasteiger partial charge is 0.253 e. The number of rotatable bonds is 7. The molecule has 0 atom stereocenters. The number of oxime groups is 1. The molecule has 0 aliphatic rings. The standard InChI is InChI=1S/C15H19BrFN7O4S2/c1-24(2)15(23-30(3,26)27)18-6-7-29-14-12(21-28-22-14)13(20-25)19-9-4-5-11(17)10(16)8-9/h4-5,8,25H,6-7H2,1-3H3,(H,18,23)(H,19,20). The minimum atomic E-state index is -3.54. The fourth-order valence-corrected chi connectivity index (χ4v) is 3.68. The van der Waals surface area contributed by atoms with Gasteiger partial charge in [-0.05, 0) is 44.4 Å². The predicted molar refractivity (Wildman–Crippen MR) is 115 cm³/mol. The first-order chi connectivity index (χ1) is 14.1. The molecule has 0 spiro atoms. The number of anilines is 1. The highest BCUT2D eigenvalue weighted by molar-refractivity contribution is 9.10. The van der Waals surface area contributed by atoms with E-state index >= 15 is 0 Å². The number of nitrogens with zero attached hydrogens (tertiary/aromatic N) is 5. The molecule has 2 rings (SSSR count). The van der Waals surface area contributed by atoms with Gasteiger partial charge < -0.3 is 20.7 Å². The van der Waals surface area contributed by atoms with Gasteiger partial charge in [-0.25, -0.2) is 17.4 Å². The Morgan fingerprint density at radius 3 is 2.73 bits per heavy atom. The lowest BCUT2D eigenvalue weighted by molar-refractivity contribution is 0.297. The summed E-state index contributed by atoms with van der Waals surface area (Å²) >= 11 is 4.31. The molecule has 0 amide bonds. The van der Waals surface area contributed by atoms with E-state index in [2.05, 4.69) is 46.4 Å². The van der Waals surface area contributed by atoms with Crippen molar-refractivity contribution in [2.45, 2.75) is 5.03 Å². The van der Waals surface area contributed by atoms with Crippen molar-refractivity contribution < 1.29 is 22.6 Å². The lowest BCUT2D eigenvalue weighted by Crippen LogP contribution is -2.38. The van der Waals surface area contributed by atoms with Crippen LogP contribution in [-0.4, -0.2) is 73.3 Å². The summed E-state index contributed by atoms with van der Waals surface area (Å²) in [4.78, 5) is 1.54. The number of hydrogen-bond donors (Lipinski definition) is 3. The van der Waals surface area contributed by atoms with Crippen LogP contribution in [0.1, 0.15) is 5.69 Å². The van der Waals surface area contributed by atoms with Gasteiger partial charge in [-0.2, -0.15) is 0 Å². The molecular formula is C15H19BrFN7O4S2. The number of benzene rings is 1. The molecule has 1 heterocycles. The third kappa shape index (κ3) is 7.14. The summed E-state index contributed by atoms with van der Waals surface area (Å²) in [7, 11) is -0.225. The Hall–Kier alpha value is -2.39. The topological polar surface area (TPSA) is 145 Å². The van der Waals surface area contributed by atoms with Crippen LogP contribution in [0.4, 0.5) is 10.1 Å². The van der Waals surface area contributed by atoms with Crippen LogP contribution in [0.3, 0.4) is 0 Å². The molecule has 0 saturated carbocycles. The van der Waals surface area contributed by atoms with Crippen LogP contribution in [-0.2, 0) is 10.0 Å². The van der Waals surface area contributed by atoms with Crippen molar-refractivity contribution in [1.29, 1.82) is 0 Å². The quantitative estimate of drug-likeness (QED) is 0.122. The van der Waals surface area contributed by atoms with Gasteiger partial charge in [0.05, 0.1) is 10.7 Å². The average molecular weight is 524 g/mol. The van der Waals surface area contributed by atoms with E-state index in [1.54, 1.807) is 14.1 Å². The van der Waals surface area contributed by atoms with Gasteiger partial charge in [0.15, 0.2) is 10.7 Å². The van der Waals surface area contributed by atoms with E-state index in [4.69, 9.17) is 4.63 Å². The number of sulfonamides is 1. The summed E-state index contributed by atoms with van der Waals surface area (Å²) in [6.07, 6.45) is 1.00. The molecule has 1 aromatic carbocycles. The zero-order chi connectivity index (χ0) is 22.3. The predicted octanol–water partition coefficient (Wildman–Crippen LogP) is 1.78. The van der Waals surface area contributed by atoms with E-state index in [-0.39, 0.29) is 22.0 Å². The molecule has 15 heteroatoms. The number of amidine groups is 1. The lowest BCUT2D eigenvalue weighted by atomic mass is 10.3. The SMILES string of the molecule is CN(C)/C(=N\S(C)(=O)=O)NCCSc1nonc1/C(=N/O)Nc1ccc(F)c(Br)c1. The highest BCUT2D eigenvalue weighted by Crippen LogP contribution is 2.23. The van der Waals surface area contributed by atoms with Crippen LogP contribution in [0.5, 0.6) is 0 Å². The Labute approximate surface area is 184 Å². The largest absolute Gasteiger partial charge is 0.409 e. The Morgan fingerprint density at radius 1 is 1.40 bits per heavy atom. The summed E-state index contributed by atoms with van der Waals surface area (Å²) in [6.45, 7) is 0.355. The number of guanidine groups is 1. The first-order valence-corrected chi connectivity index (χ1v) is 11.8. The lowest BCUT2D eigenvalue weighted by Gasteiger charge is -2.16. The molecule has 1 aromatic heterocycles. The molecule has 0 aliphatic heterocycles. The summed E-state index contributed by atoms with van der Waals surface area (Å²) in [5.74, 6) is 0.153. The number of halogens is 2. The number of hydrogen-bond acceptors (Lipinski definition) is 8. The van der Waals surface area contributed by atoms with Gasteiger partial charge >= 0.3 is 0 Å². The van der Waals surface area contributed by atoms with Gasteiger partial charge in [0, 0.05) is 32.1 Å². The molecule has 3 N–H and O–H groups in total. The van der Waals surface area contributed by atoms with Gasteiger partial charge in [0.25, 0.3) is 10.0 Å². The number of nitrogens with one attached hydrogen (secondary N) is 2. The van der Waals surface area contributed by atoms with E-state index in [9.17, 15) is 18.0 Å². The summed E-state index contributed by atoms with van der Waals surface area (Å²) in [5, 5.41) is 26.1. The molecule has 30 heavy (non-hydrogen) atoms. The minimum Gasteiger partial charge on any atom is -0.409 e. The molecule has 0 saturated heterocycles. The molecule has 164 valence electrons. The molecule has 0 unspecified atom stereocenters. The summed E-state index contributed by atoms with van der Waals surface area (Å²) in [5.41, 5.74) is 0.602. The second-order valence-electron chi connectivity index (χ2n) is 5.94. The van der Waals surface area contributed by atoms with Crippen LogP contribution in [0, 0.1) is 5.82 Å². The molecule has 0 radical (unpaired) electrons. The Kier molecular flexibility index (Phi) is 8.43. The molecule has 0 aliphatic carbocycles. The van der Waals surface area contributed by atoms with Gasteiger partial charge in [-0.1, -0.05) is 16.9 Å². The van der Waals surface area contributed by atoms with Crippen LogP contribution >= 0.6 is 27.7 Å². The maximum Gasteiger partial charge on any atom is 0.253 e. The number of thioether (sulfide) groups is 1. The summed E-state index contributed by atoms with van der Waals surface area (Å²) in [6, 6.07) is 4.16. The fraction of sp³-hybridized carbons (Fsp3) is 0.333. The van der Waals surface area contributed by atoms with Crippen molar-refractivity contribution in [3.8, 4) is 0 Å². The van der Waals surface area contributed by atoms with Gasteiger partial charge in [-0.3, -0.25) is 0 Å². The normalized spacial score (nSPS) is 12.7. The van der Waals surface area contributed by atoms with Crippen molar-refractivity contribution in [2.24, 2.45) is 9.55 Å². The fourth-order valence-electron chi connectivity index (χ4n) is 2.00. The third-order valence-corrected chi connectivity index (χ3v) is 5.33. The molecule has 0 fully saturated rings. The van der Waals surface area contributed by atoms with Gasteiger partial charge in [0.1, 0.15) is 5.82 Å². The van der Waals surface area contributed by atoms with E-state index < -0.39 is 15.8 Å². The van der Waals surface area contributed by atoms with E-state index in [1.807, 2.05) is 0 Å². The van der Waals surface area contributed by atoms with Crippen molar-refractivity contribution in [3.63, 3.8) is 0 Å². The number of aromatic nitrogens is 2. The van der Waals surface area contributed by atoms with E-state index in [1.165, 1.54) is 34.9 Å². The Morgan fingerprint density at radius 2 is 2.13 bits per heavy atom. The van der Waals surface area contributed by atoms with Gasteiger partial charge in [-0.15, -0.1) is 4.40 Å². The molecule has 11 nitrogen and oxygen atoms in total. The summed E-state index contributed by atoms with van der Waals surface area (Å²) < 4.78 is 44.7. The first-order valence-electron chi connectivity index (χ1n) is 8.21. The zero-order valence-corrected chi connectivity index (χ0v) is 19.3. The van der Waals surface area contributed by atoms with Crippen LogP contribution in [0.2, 0.25) is 0 Å².